The van der Waals surface area contributed by atoms with Crippen LogP contribution >= 0.6 is 11.6 Å². The number of nitrogens with one attached hydrogen (secondary N) is 1. The molecule has 0 atom stereocenters. The summed E-state index contributed by atoms with van der Waals surface area (Å²) in [5, 5.41) is 8.20. The van der Waals surface area contributed by atoms with Gasteiger partial charge in [0.2, 0.25) is 0 Å². The van der Waals surface area contributed by atoms with Crippen molar-refractivity contribution in [1.29, 1.82) is 0 Å². The Morgan fingerprint density at radius 2 is 1.96 bits per heavy atom. The average Bonchev–Trinajstić information content (AvgIpc) is 2.85. The molecule has 1 aromatic carbocycles. The van der Waals surface area contributed by atoms with Crippen molar-refractivity contribution in [3.8, 4) is 11.5 Å². The van der Waals surface area contributed by atoms with Gasteiger partial charge in [-0.15, -0.1) is 5.01 Å². The van der Waals surface area contributed by atoms with Crippen LogP contribution in [-0.2, 0) is 4.79 Å². The Hall–Kier alpha value is -2.28. The molecule has 146 valence electrons. The van der Waals surface area contributed by atoms with Crippen LogP contribution in [0.4, 0.5) is 4.79 Å². The number of ether oxygens (including phenoxy) is 2. The van der Waals surface area contributed by atoms with Gasteiger partial charge < -0.3 is 14.8 Å². The molecule has 1 saturated heterocycles. The summed E-state index contributed by atoms with van der Waals surface area (Å²) in [6.07, 6.45) is 5.61. The van der Waals surface area contributed by atoms with Crippen LogP contribution in [0.1, 0.15) is 51.5 Å². The zero-order chi connectivity index (χ0) is 19.6. The van der Waals surface area contributed by atoms with Crippen molar-refractivity contribution in [2.45, 2.75) is 57.6 Å². The number of rotatable bonds is 5. The summed E-state index contributed by atoms with van der Waals surface area (Å²) in [7, 11) is 1.52. The van der Waals surface area contributed by atoms with Gasteiger partial charge in [-0.25, -0.2) is 4.79 Å². The van der Waals surface area contributed by atoms with Gasteiger partial charge in [0.25, 0.3) is 5.91 Å². The van der Waals surface area contributed by atoms with Gasteiger partial charge in [-0.05, 0) is 44.4 Å². The smallest absolute Gasteiger partial charge is 0.346 e. The van der Waals surface area contributed by atoms with E-state index in [2.05, 4.69) is 10.4 Å². The number of hydrogen-bond donors (Lipinski definition) is 1. The zero-order valence-corrected chi connectivity index (χ0v) is 16.5. The van der Waals surface area contributed by atoms with Crippen molar-refractivity contribution in [3.63, 3.8) is 0 Å². The maximum Gasteiger partial charge on any atom is 0.346 e. The van der Waals surface area contributed by atoms with Crippen molar-refractivity contribution in [3.05, 3.63) is 22.7 Å². The molecule has 2 aliphatic rings. The zero-order valence-electron chi connectivity index (χ0n) is 15.8. The van der Waals surface area contributed by atoms with Gasteiger partial charge in [-0.1, -0.05) is 30.9 Å². The third kappa shape index (κ3) is 3.88. The van der Waals surface area contributed by atoms with Crippen LogP contribution < -0.4 is 14.8 Å². The molecule has 0 radical (unpaired) electrons. The molecule has 27 heavy (non-hydrogen) atoms. The largest absolute Gasteiger partial charge is 0.493 e. The van der Waals surface area contributed by atoms with Gasteiger partial charge >= 0.3 is 6.03 Å². The number of urea groups is 1. The fraction of sp³-hybridized carbons (Fsp3) is 0.526. The normalized spacial score (nSPS) is 19.2. The predicted octanol–water partition coefficient (Wildman–Crippen LogP) is 3.72. The molecule has 0 unspecified atom stereocenters. The van der Waals surface area contributed by atoms with E-state index < -0.39 is 11.6 Å². The summed E-state index contributed by atoms with van der Waals surface area (Å²) in [4.78, 5) is 25.0. The molecule has 3 rings (SSSR count). The standard InChI is InChI=1S/C19H24ClN3O4/c1-12(2)27-16-14(20)9-13(10-15(16)26-3)11-21-23-17(24)19(22-18(23)25)7-5-4-6-8-19/h9-12H,4-8H2,1-3H3,(H,22,25)/b21-11-. The quantitative estimate of drug-likeness (QED) is 0.610. The van der Waals surface area contributed by atoms with Crippen molar-refractivity contribution in [2.24, 2.45) is 5.10 Å². The highest BCUT2D eigenvalue weighted by Crippen LogP contribution is 2.37. The van der Waals surface area contributed by atoms with Crippen molar-refractivity contribution < 1.29 is 19.1 Å². The molecule has 1 N–H and O–H groups in total. The molecule has 8 heteroatoms. The number of carbonyl (C=O) groups is 2. The summed E-state index contributed by atoms with van der Waals surface area (Å²) >= 11 is 6.30. The van der Waals surface area contributed by atoms with E-state index in [0.29, 0.717) is 34.9 Å². The molecular formula is C19H24ClN3O4. The van der Waals surface area contributed by atoms with E-state index in [1.807, 2.05) is 13.8 Å². The van der Waals surface area contributed by atoms with E-state index in [9.17, 15) is 9.59 Å². The number of carbonyl (C=O) groups excluding carboxylic acids is 2. The summed E-state index contributed by atoms with van der Waals surface area (Å²) in [6.45, 7) is 3.79. The van der Waals surface area contributed by atoms with Gasteiger partial charge in [-0.3, -0.25) is 4.79 Å². The highest BCUT2D eigenvalue weighted by molar-refractivity contribution is 6.32. The summed E-state index contributed by atoms with van der Waals surface area (Å²) < 4.78 is 11.0. The summed E-state index contributed by atoms with van der Waals surface area (Å²) in [6, 6.07) is 2.86. The van der Waals surface area contributed by atoms with E-state index in [1.54, 1.807) is 12.1 Å². The van der Waals surface area contributed by atoms with E-state index in [4.69, 9.17) is 21.1 Å². The Kier molecular flexibility index (Phi) is 5.60. The fourth-order valence-electron chi connectivity index (χ4n) is 3.49. The Morgan fingerprint density at radius 3 is 2.59 bits per heavy atom. The Bertz CT molecular complexity index is 772. The minimum absolute atomic E-state index is 0.0616. The number of nitrogens with zero attached hydrogens (tertiary/aromatic N) is 2. The van der Waals surface area contributed by atoms with Gasteiger partial charge in [0.1, 0.15) is 5.54 Å². The second-order valence-electron chi connectivity index (χ2n) is 7.14. The van der Waals surface area contributed by atoms with Crippen LogP contribution in [-0.4, -0.2) is 41.9 Å². The molecule has 1 aliphatic heterocycles. The van der Waals surface area contributed by atoms with Crippen LogP contribution in [0.25, 0.3) is 0 Å². The number of imide groups is 1. The van der Waals surface area contributed by atoms with E-state index >= 15 is 0 Å². The number of amides is 3. The Labute approximate surface area is 163 Å². The maximum atomic E-state index is 12.7. The van der Waals surface area contributed by atoms with E-state index in [-0.39, 0.29) is 12.0 Å². The van der Waals surface area contributed by atoms with Crippen molar-refractivity contribution in [1.82, 2.24) is 10.3 Å². The van der Waals surface area contributed by atoms with Gasteiger partial charge in [0.05, 0.1) is 24.5 Å². The molecule has 1 aromatic rings. The lowest BCUT2D eigenvalue weighted by Crippen LogP contribution is -2.48. The van der Waals surface area contributed by atoms with E-state index in [0.717, 1.165) is 24.3 Å². The molecule has 1 spiro atoms. The first-order valence-corrected chi connectivity index (χ1v) is 9.49. The number of hydrazone groups is 1. The van der Waals surface area contributed by atoms with E-state index in [1.165, 1.54) is 13.3 Å². The molecule has 7 nitrogen and oxygen atoms in total. The molecule has 0 bridgehead atoms. The lowest BCUT2D eigenvalue weighted by molar-refractivity contribution is -0.132. The second kappa shape index (κ2) is 7.76. The molecule has 1 heterocycles. The monoisotopic (exact) mass is 393 g/mol. The molecule has 2 fully saturated rings. The highest BCUT2D eigenvalue weighted by Gasteiger charge is 2.51. The van der Waals surface area contributed by atoms with Crippen LogP contribution in [0, 0.1) is 0 Å². The summed E-state index contributed by atoms with van der Waals surface area (Å²) in [5.41, 5.74) is -0.199. The van der Waals surface area contributed by atoms with Crippen molar-refractivity contribution >= 4 is 29.8 Å². The first kappa shape index (κ1) is 19.5. The number of methoxy groups -OCH3 is 1. The fourth-order valence-corrected chi connectivity index (χ4v) is 3.76. The van der Waals surface area contributed by atoms with Crippen LogP contribution in [0.2, 0.25) is 5.02 Å². The molecule has 3 amide bonds. The predicted molar refractivity (Wildman–Crippen MR) is 103 cm³/mol. The van der Waals surface area contributed by atoms with Crippen LogP contribution in [0.3, 0.4) is 0 Å². The molecule has 0 aromatic heterocycles. The summed E-state index contributed by atoms with van der Waals surface area (Å²) in [5.74, 6) is 0.613. The minimum Gasteiger partial charge on any atom is -0.493 e. The Balaban J connectivity index is 1.82. The average molecular weight is 394 g/mol. The molecule has 1 aliphatic carbocycles. The topological polar surface area (TPSA) is 80.2 Å². The molecule has 1 saturated carbocycles. The number of halogens is 1. The minimum atomic E-state index is -0.795. The number of hydrogen-bond acceptors (Lipinski definition) is 5. The third-order valence-electron chi connectivity index (χ3n) is 4.78. The maximum absolute atomic E-state index is 12.7. The SMILES string of the molecule is COc1cc(/C=N\N2C(=O)NC3(CCCCC3)C2=O)cc(Cl)c1OC(C)C. The number of benzene rings is 1. The Morgan fingerprint density at radius 1 is 1.26 bits per heavy atom. The van der Waals surface area contributed by atoms with Gasteiger partial charge in [-0.2, -0.15) is 5.10 Å². The van der Waals surface area contributed by atoms with Crippen LogP contribution in [0.5, 0.6) is 11.5 Å². The lowest BCUT2D eigenvalue weighted by atomic mass is 9.82. The van der Waals surface area contributed by atoms with Gasteiger partial charge in [0.15, 0.2) is 11.5 Å². The third-order valence-corrected chi connectivity index (χ3v) is 5.06. The van der Waals surface area contributed by atoms with Gasteiger partial charge in [0, 0.05) is 0 Å². The second-order valence-corrected chi connectivity index (χ2v) is 7.54. The van der Waals surface area contributed by atoms with Crippen molar-refractivity contribution in [2.75, 3.05) is 7.11 Å². The first-order valence-electron chi connectivity index (χ1n) is 9.11. The highest BCUT2D eigenvalue weighted by atomic mass is 35.5. The van der Waals surface area contributed by atoms with Crippen LogP contribution in [0.15, 0.2) is 17.2 Å². The molecular weight excluding hydrogens is 370 g/mol. The first-order chi connectivity index (χ1) is 12.9. The lowest BCUT2D eigenvalue weighted by Gasteiger charge is -2.29.